The second kappa shape index (κ2) is 12.0. The zero-order chi connectivity index (χ0) is 23.6. The number of nitrogens with zero attached hydrogens (tertiary/aromatic N) is 2. The van der Waals surface area contributed by atoms with E-state index in [0.717, 1.165) is 18.4 Å². The van der Waals surface area contributed by atoms with Crippen LogP contribution in [-0.2, 0) is 27.1 Å². The third-order valence-electron chi connectivity index (χ3n) is 5.19. The molecule has 0 saturated carbocycles. The van der Waals surface area contributed by atoms with Crippen LogP contribution in [0.25, 0.3) is 0 Å². The molecule has 1 amide bonds. The van der Waals surface area contributed by atoms with Gasteiger partial charge in [0, 0.05) is 0 Å². The summed E-state index contributed by atoms with van der Waals surface area (Å²) in [6.45, 7) is 5.86. The minimum atomic E-state index is -1.07. The third kappa shape index (κ3) is 7.91. The number of aryl methyl sites for hydroxylation is 2. The van der Waals surface area contributed by atoms with Gasteiger partial charge in [-0.2, -0.15) is 5.01 Å². The van der Waals surface area contributed by atoms with Crippen LogP contribution in [-0.4, -0.2) is 48.8 Å². The summed E-state index contributed by atoms with van der Waals surface area (Å²) < 4.78 is 10.7. The van der Waals surface area contributed by atoms with Crippen molar-refractivity contribution >= 4 is 18.4 Å². The van der Waals surface area contributed by atoms with Crippen LogP contribution in [0, 0.1) is 0 Å². The summed E-state index contributed by atoms with van der Waals surface area (Å²) in [5.74, 6) is -0.593. The van der Waals surface area contributed by atoms with E-state index in [2.05, 4.69) is 40.0 Å². The predicted molar refractivity (Wildman–Crippen MR) is 127 cm³/mol. The molecule has 0 unspecified atom stereocenters. The number of aliphatic imine (C=N–C) groups is 1. The zero-order valence-corrected chi connectivity index (χ0v) is 19.4. The molecule has 2 N–H and O–H groups in total. The van der Waals surface area contributed by atoms with Crippen LogP contribution in [0.3, 0.4) is 0 Å². The van der Waals surface area contributed by atoms with Gasteiger partial charge in [-0.05, 0) is 50.3 Å². The smallest absolute Gasteiger partial charge is 0.408 e. The minimum absolute atomic E-state index is 0.128. The van der Waals surface area contributed by atoms with E-state index in [0.29, 0.717) is 6.67 Å². The molecule has 8 heteroatoms. The van der Waals surface area contributed by atoms with Gasteiger partial charge >= 0.3 is 12.1 Å². The number of nitrogens with one attached hydrogen (secondary N) is 2. The number of ether oxygens (including phenoxy) is 2. The van der Waals surface area contributed by atoms with Crippen LogP contribution in [0.5, 0.6) is 0 Å². The Labute approximate surface area is 195 Å². The number of hydrogen-bond acceptors (Lipinski definition) is 7. The first-order valence-corrected chi connectivity index (χ1v) is 11.2. The van der Waals surface area contributed by atoms with Crippen molar-refractivity contribution in [3.05, 3.63) is 71.3 Å². The highest BCUT2D eigenvalue weighted by Gasteiger charge is 2.29. The lowest BCUT2D eigenvalue weighted by Crippen LogP contribution is -2.46. The molecular weight excluding hydrogens is 420 g/mol. The summed E-state index contributed by atoms with van der Waals surface area (Å²) in [6, 6.07) is 18.2. The number of carbonyl (C=O) groups is 2. The lowest BCUT2D eigenvalue weighted by Gasteiger charge is -2.23. The number of alkyl carbamates (subject to hydrolysis) is 1. The highest BCUT2D eigenvalue weighted by Crippen LogP contribution is 2.16. The minimum Gasteiger partial charge on any atom is -0.460 e. The average molecular weight is 453 g/mol. The number of esters is 1. The molecular formula is C25H32N4O4. The summed E-state index contributed by atoms with van der Waals surface area (Å²) >= 11 is 0. The highest BCUT2D eigenvalue weighted by atomic mass is 16.6. The van der Waals surface area contributed by atoms with Crippen molar-refractivity contribution in [2.45, 2.75) is 51.9 Å². The molecule has 0 radical (unpaired) electrons. The fourth-order valence-corrected chi connectivity index (χ4v) is 3.41. The topological polar surface area (TPSA) is 92.3 Å². The van der Waals surface area contributed by atoms with Gasteiger partial charge in [0.25, 0.3) is 0 Å². The molecule has 0 aliphatic carbocycles. The van der Waals surface area contributed by atoms with E-state index < -0.39 is 18.2 Å². The van der Waals surface area contributed by atoms with Crippen LogP contribution < -0.4 is 10.7 Å². The number of benzene rings is 2. The Morgan fingerprint density at radius 1 is 1.00 bits per heavy atom. The normalized spacial score (nSPS) is 15.0. The van der Waals surface area contributed by atoms with Crippen LogP contribution in [0.1, 0.15) is 43.5 Å². The molecule has 2 aromatic carbocycles. The van der Waals surface area contributed by atoms with Crippen molar-refractivity contribution in [3.8, 4) is 0 Å². The summed E-state index contributed by atoms with van der Waals surface area (Å²) in [4.78, 5) is 29.0. The highest BCUT2D eigenvalue weighted by molar-refractivity contribution is 5.79. The average Bonchev–Trinajstić information content (AvgIpc) is 3.31. The van der Waals surface area contributed by atoms with Crippen LogP contribution in [0.4, 0.5) is 4.79 Å². The largest absolute Gasteiger partial charge is 0.460 e. The summed E-state index contributed by atoms with van der Waals surface area (Å²) in [6.07, 6.45) is 1.38. The van der Waals surface area contributed by atoms with E-state index in [1.165, 1.54) is 17.5 Å². The van der Waals surface area contributed by atoms with E-state index in [1.54, 1.807) is 18.9 Å². The molecule has 0 saturated heterocycles. The number of amides is 1. The fourth-order valence-electron chi connectivity index (χ4n) is 3.41. The lowest BCUT2D eigenvalue weighted by atomic mass is 10.0. The molecule has 2 aromatic rings. The molecule has 176 valence electrons. The van der Waals surface area contributed by atoms with E-state index in [-0.39, 0.29) is 18.7 Å². The third-order valence-corrected chi connectivity index (χ3v) is 5.19. The Morgan fingerprint density at radius 2 is 1.67 bits per heavy atom. The van der Waals surface area contributed by atoms with Gasteiger partial charge in [-0.3, -0.25) is 4.99 Å². The van der Waals surface area contributed by atoms with E-state index in [1.807, 2.05) is 37.3 Å². The van der Waals surface area contributed by atoms with E-state index in [9.17, 15) is 9.59 Å². The summed E-state index contributed by atoms with van der Waals surface area (Å²) in [7, 11) is 0. The quantitative estimate of drug-likeness (QED) is 0.537. The van der Waals surface area contributed by atoms with E-state index in [4.69, 9.17) is 9.47 Å². The first-order valence-electron chi connectivity index (χ1n) is 11.2. The van der Waals surface area contributed by atoms with Crippen molar-refractivity contribution in [2.24, 2.45) is 4.99 Å². The fraction of sp³-hybridized carbons (Fsp3) is 0.400. The first kappa shape index (κ1) is 24.3. The molecule has 3 rings (SSSR count). The number of hydrogen-bond donors (Lipinski definition) is 2. The van der Waals surface area contributed by atoms with Crippen molar-refractivity contribution in [3.63, 3.8) is 0 Å². The molecule has 8 nitrogen and oxygen atoms in total. The standard InChI is InChI=1S/C25H32N4O4/c1-18(2)32-24(30)23(15-29-17-26-16-27-29)33-25(31)28-19(3)22-13-11-21(12-14-22)10-9-20-7-5-4-6-8-20/h4-8,11-14,16,18-19,23H,9-10,15,17H2,1-3H3,(H,26,27)(H,28,31)/t19-,23+/m0/s1. The van der Waals surface area contributed by atoms with Gasteiger partial charge in [0.2, 0.25) is 6.10 Å². The van der Waals surface area contributed by atoms with Gasteiger partial charge in [-0.1, -0.05) is 54.6 Å². The van der Waals surface area contributed by atoms with Gasteiger partial charge in [0.1, 0.15) is 6.67 Å². The Kier molecular flexibility index (Phi) is 8.83. The summed E-state index contributed by atoms with van der Waals surface area (Å²) in [5.41, 5.74) is 6.37. The molecule has 0 aromatic heterocycles. The molecule has 0 spiro atoms. The second-order valence-corrected chi connectivity index (χ2v) is 8.28. The Hall–Kier alpha value is -3.39. The molecule has 2 atom stereocenters. The number of hydrazine groups is 1. The van der Waals surface area contributed by atoms with Gasteiger partial charge in [-0.15, -0.1) is 0 Å². The van der Waals surface area contributed by atoms with Crippen molar-refractivity contribution < 1.29 is 19.1 Å². The maximum atomic E-state index is 12.5. The second-order valence-electron chi connectivity index (χ2n) is 8.28. The van der Waals surface area contributed by atoms with E-state index >= 15 is 0 Å². The monoisotopic (exact) mass is 452 g/mol. The number of rotatable bonds is 10. The Balaban J connectivity index is 1.52. The van der Waals surface area contributed by atoms with Gasteiger partial charge in [0.05, 0.1) is 25.0 Å². The Morgan fingerprint density at radius 3 is 2.27 bits per heavy atom. The SMILES string of the molecule is CC(C)OC(=O)[C@@H](CN1CN=CN1)OC(=O)N[C@@H](C)c1ccc(CCc2ccccc2)cc1. The van der Waals surface area contributed by atoms with Gasteiger partial charge < -0.3 is 20.2 Å². The lowest BCUT2D eigenvalue weighted by molar-refractivity contribution is -0.158. The van der Waals surface area contributed by atoms with Crippen molar-refractivity contribution in [2.75, 3.05) is 13.2 Å². The first-order chi connectivity index (χ1) is 15.9. The van der Waals surface area contributed by atoms with Crippen molar-refractivity contribution in [1.29, 1.82) is 0 Å². The van der Waals surface area contributed by atoms with Crippen LogP contribution >= 0.6 is 0 Å². The van der Waals surface area contributed by atoms with Crippen LogP contribution in [0.2, 0.25) is 0 Å². The molecule has 0 fully saturated rings. The Bertz CT molecular complexity index is 923. The zero-order valence-electron chi connectivity index (χ0n) is 19.4. The van der Waals surface area contributed by atoms with Crippen LogP contribution in [0.15, 0.2) is 59.6 Å². The summed E-state index contributed by atoms with van der Waals surface area (Å²) in [5, 5.41) is 4.46. The molecule has 33 heavy (non-hydrogen) atoms. The van der Waals surface area contributed by atoms with Gasteiger partial charge in [0.15, 0.2) is 0 Å². The molecule has 1 aliphatic heterocycles. The van der Waals surface area contributed by atoms with Crippen molar-refractivity contribution in [1.82, 2.24) is 15.8 Å². The maximum Gasteiger partial charge on any atom is 0.408 e. The van der Waals surface area contributed by atoms with Gasteiger partial charge in [-0.25, -0.2) is 9.59 Å². The predicted octanol–water partition coefficient (Wildman–Crippen LogP) is 3.39. The maximum absolute atomic E-state index is 12.5. The molecule has 0 bridgehead atoms. The molecule has 1 aliphatic rings. The number of carbonyl (C=O) groups excluding carboxylic acids is 2. The molecule has 1 heterocycles.